The third-order valence-corrected chi connectivity index (χ3v) is 5.66. The average molecular weight is 486 g/mol. The summed E-state index contributed by atoms with van der Waals surface area (Å²) in [6.45, 7) is 0. The first-order valence-electron chi connectivity index (χ1n) is 10.5. The second kappa shape index (κ2) is 9.35. The van der Waals surface area contributed by atoms with Crippen LogP contribution in [0.1, 0.15) is 33.1 Å². The number of aromatic carboxylic acids is 1. The number of aromatic amines is 2. The molecule has 0 fully saturated rings. The van der Waals surface area contributed by atoms with E-state index in [1.165, 1.54) is 0 Å². The van der Waals surface area contributed by atoms with Gasteiger partial charge in [-0.3, -0.25) is 0 Å². The molecule has 3 aromatic heterocycles. The van der Waals surface area contributed by atoms with Crippen molar-refractivity contribution in [3.8, 4) is 0 Å². The number of H-pyrrole nitrogens is 2. The van der Waals surface area contributed by atoms with Gasteiger partial charge in [0.05, 0.1) is 22.8 Å². The first-order chi connectivity index (χ1) is 16.5. The standard InChI is InChI=1S/C20H14N4.C7H5O2.Mn/c1-2-14-10-16-5-6-18(23-16)12-20-8-7-19(24-20)11-17-4-3-15(22-17)9-13(1)21-14;8-7(9)6-4-2-1-3-5-6;/h1-12,21,24H;1-4H,(H,8,9);. The van der Waals surface area contributed by atoms with E-state index in [4.69, 9.17) is 5.11 Å². The molecule has 3 N–H and O–H groups in total. The number of fused-ring (bicyclic) bond motifs is 8. The van der Waals surface area contributed by atoms with E-state index in [9.17, 15) is 4.79 Å². The van der Waals surface area contributed by atoms with Crippen molar-refractivity contribution in [2.24, 2.45) is 0 Å². The fourth-order valence-electron chi connectivity index (χ4n) is 3.58. The van der Waals surface area contributed by atoms with Gasteiger partial charge in [0.25, 0.3) is 0 Å². The van der Waals surface area contributed by atoms with Crippen LogP contribution in [0.3, 0.4) is 0 Å². The Morgan fingerprint density at radius 2 is 1.03 bits per heavy atom. The average Bonchev–Trinajstić information content (AvgIpc) is 3.60. The predicted octanol–water partition coefficient (Wildman–Crippen LogP) is 5.21. The van der Waals surface area contributed by atoms with E-state index >= 15 is 0 Å². The molecule has 0 radical (unpaired) electrons. The van der Waals surface area contributed by atoms with Crippen molar-refractivity contribution in [1.29, 1.82) is 0 Å². The molecule has 0 amide bonds. The van der Waals surface area contributed by atoms with Crippen molar-refractivity contribution in [2.75, 3.05) is 0 Å². The molecule has 6 rings (SSSR count). The van der Waals surface area contributed by atoms with E-state index in [0.717, 1.165) is 44.8 Å². The zero-order chi connectivity index (χ0) is 23.5. The van der Waals surface area contributed by atoms with Crippen LogP contribution in [0.15, 0.2) is 72.8 Å². The van der Waals surface area contributed by atoms with Crippen LogP contribution in [0.2, 0.25) is 0 Å². The molecule has 5 heterocycles. The second-order valence-electron chi connectivity index (χ2n) is 7.69. The summed E-state index contributed by atoms with van der Waals surface area (Å²) < 4.78 is 0.613. The maximum absolute atomic E-state index is 10.4. The number of benzene rings is 1. The Balaban J connectivity index is 0.000000204. The Labute approximate surface area is 203 Å². The molecule has 0 saturated carbocycles. The molecule has 0 aliphatic carbocycles. The molecule has 34 heavy (non-hydrogen) atoms. The van der Waals surface area contributed by atoms with Crippen LogP contribution in [0.25, 0.3) is 46.4 Å². The van der Waals surface area contributed by atoms with Crippen molar-refractivity contribution in [3.63, 3.8) is 0 Å². The number of carboxylic acid groups (broad SMARTS) is 1. The fraction of sp³-hybridized carbons (Fsp3) is 0. The number of aromatic nitrogens is 4. The minimum absolute atomic E-state index is 0.294. The van der Waals surface area contributed by atoms with Gasteiger partial charge in [0, 0.05) is 22.1 Å². The summed E-state index contributed by atoms with van der Waals surface area (Å²) >= 11 is 3.12. The molecule has 8 bridgehead atoms. The number of rotatable bonds is 1. The monoisotopic (exact) mass is 486 g/mol. The SMILES string of the molecule is C1=Cc2cc3ccc(cc4nc(cc5ccc(cc1n2)[nH]5)C=C4)[nH]3.O=C(O)c1cccc[c]1[Mn]. The summed E-state index contributed by atoms with van der Waals surface area (Å²) in [5.74, 6) is -0.910. The molecule has 0 saturated heterocycles. The van der Waals surface area contributed by atoms with Gasteiger partial charge in [-0.1, -0.05) is 0 Å². The molecule has 0 atom stereocenters. The Morgan fingerprint density at radius 3 is 1.35 bits per heavy atom. The van der Waals surface area contributed by atoms with E-state index in [1.54, 1.807) is 24.3 Å². The van der Waals surface area contributed by atoms with E-state index in [2.05, 4.69) is 60.2 Å². The van der Waals surface area contributed by atoms with Crippen molar-refractivity contribution in [2.45, 2.75) is 0 Å². The van der Waals surface area contributed by atoms with Crippen molar-refractivity contribution in [3.05, 3.63) is 101 Å². The van der Waals surface area contributed by atoms with Crippen molar-refractivity contribution in [1.82, 2.24) is 19.9 Å². The maximum atomic E-state index is 10.4. The van der Waals surface area contributed by atoms with Crippen molar-refractivity contribution >= 4 is 56.8 Å². The molecule has 0 spiro atoms. The summed E-state index contributed by atoms with van der Waals surface area (Å²) in [6, 6.07) is 23.1. The summed E-state index contributed by atoms with van der Waals surface area (Å²) in [5.41, 5.74) is 8.15. The van der Waals surface area contributed by atoms with Gasteiger partial charge in [0.15, 0.2) is 0 Å². The van der Waals surface area contributed by atoms with Gasteiger partial charge in [0.1, 0.15) is 0 Å². The number of nitrogens with zero attached hydrogens (tertiary/aromatic N) is 2. The van der Waals surface area contributed by atoms with Crippen LogP contribution in [-0.4, -0.2) is 31.0 Å². The molecule has 2 aliphatic rings. The first kappa shape index (κ1) is 21.6. The Morgan fingerprint density at radius 1 is 0.647 bits per heavy atom. The molecule has 166 valence electrons. The van der Waals surface area contributed by atoms with Gasteiger partial charge in [-0.15, -0.1) is 0 Å². The summed E-state index contributed by atoms with van der Waals surface area (Å²) in [6.07, 6.45) is 8.09. The van der Waals surface area contributed by atoms with Gasteiger partial charge >= 0.3 is 66.2 Å². The molecule has 2 aliphatic heterocycles. The Hall–Kier alpha value is -4.19. The number of carboxylic acids is 1. The summed E-state index contributed by atoms with van der Waals surface area (Å²) in [4.78, 5) is 26.4. The number of hydrogen-bond acceptors (Lipinski definition) is 3. The first-order valence-corrected chi connectivity index (χ1v) is 11.1. The molecule has 6 nitrogen and oxygen atoms in total. The topological polar surface area (TPSA) is 94.7 Å². The van der Waals surface area contributed by atoms with E-state index in [0.29, 0.717) is 10.0 Å². The van der Waals surface area contributed by atoms with Crippen LogP contribution in [-0.2, 0) is 16.0 Å². The fourth-order valence-corrected chi connectivity index (χ4v) is 3.92. The number of nitrogens with one attached hydrogen (secondary N) is 2. The predicted molar refractivity (Wildman–Crippen MR) is 132 cm³/mol. The van der Waals surface area contributed by atoms with Crippen LogP contribution in [0.5, 0.6) is 0 Å². The van der Waals surface area contributed by atoms with Gasteiger partial charge < -0.3 is 9.97 Å². The van der Waals surface area contributed by atoms with Crippen LogP contribution in [0.4, 0.5) is 0 Å². The zero-order valence-corrected chi connectivity index (χ0v) is 19.0. The van der Waals surface area contributed by atoms with Gasteiger partial charge in [-0.25, -0.2) is 9.97 Å². The quantitative estimate of drug-likeness (QED) is 0.278. The third-order valence-electron chi connectivity index (χ3n) is 5.15. The number of hydrogen-bond donors (Lipinski definition) is 3. The number of carbonyl (C=O) groups is 1. The van der Waals surface area contributed by atoms with E-state index < -0.39 is 5.97 Å². The summed E-state index contributed by atoms with van der Waals surface area (Å²) in [7, 11) is 0. The summed E-state index contributed by atoms with van der Waals surface area (Å²) in [5, 5.41) is 8.54. The minimum atomic E-state index is -0.910. The molecule has 7 heteroatoms. The van der Waals surface area contributed by atoms with Crippen LogP contribution in [0, 0.1) is 0 Å². The molecule has 0 unspecified atom stereocenters. The molecular formula is C27H19MnN4O2. The normalized spacial score (nSPS) is 11.7. The molecule has 1 aromatic carbocycles. The van der Waals surface area contributed by atoms with Crippen LogP contribution < -0.4 is 4.46 Å². The second-order valence-corrected chi connectivity index (χ2v) is 8.33. The van der Waals surface area contributed by atoms with E-state index in [1.807, 2.05) is 48.6 Å². The zero-order valence-electron chi connectivity index (χ0n) is 17.9. The molecular weight excluding hydrogens is 467 g/mol. The molecule has 4 aromatic rings. The van der Waals surface area contributed by atoms with Gasteiger partial charge in [0.2, 0.25) is 0 Å². The van der Waals surface area contributed by atoms with Crippen molar-refractivity contribution < 1.29 is 25.9 Å². The Kier molecular flexibility index (Phi) is 5.95. The van der Waals surface area contributed by atoms with Gasteiger partial charge in [-0.05, 0) is 72.8 Å². The Bertz CT molecular complexity index is 1440. The van der Waals surface area contributed by atoms with E-state index in [-0.39, 0.29) is 0 Å². The van der Waals surface area contributed by atoms with Gasteiger partial charge in [-0.2, -0.15) is 0 Å². The van der Waals surface area contributed by atoms with Crippen LogP contribution >= 0.6 is 0 Å². The third kappa shape index (κ3) is 5.07.